The lowest BCUT2D eigenvalue weighted by Gasteiger charge is -2.10. The van der Waals surface area contributed by atoms with Crippen LogP contribution in [0.4, 0.5) is 0 Å². The van der Waals surface area contributed by atoms with Crippen molar-refractivity contribution in [3.8, 4) is 0 Å². The Bertz CT molecular complexity index is 297. The monoisotopic (exact) mass is 221 g/mol. The van der Waals surface area contributed by atoms with E-state index in [-0.39, 0.29) is 0 Å². The Kier molecular flexibility index (Phi) is 6.04. The molecule has 0 spiro atoms. The fourth-order valence-corrected chi connectivity index (χ4v) is 1.58. The van der Waals surface area contributed by atoms with E-state index in [2.05, 4.69) is 42.3 Å². The highest BCUT2D eigenvalue weighted by molar-refractivity contribution is 5.20. The van der Waals surface area contributed by atoms with Crippen LogP contribution in [0.1, 0.15) is 24.0 Å². The van der Waals surface area contributed by atoms with Gasteiger partial charge in [-0.3, -0.25) is 4.98 Å². The van der Waals surface area contributed by atoms with Gasteiger partial charge < -0.3 is 10.2 Å². The lowest BCUT2D eigenvalue weighted by atomic mass is 10.1. The summed E-state index contributed by atoms with van der Waals surface area (Å²) < 4.78 is 0. The summed E-state index contributed by atoms with van der Waals surface area (Å²) in [4.78, 5) is 6.36. The number of hydrogen-bond donors (Lipinski definition) is 1. The second-order valence-corrected chi connectivity index (χ2v) is 4.49. The molecule has 1 rings (SSSR count). The Balaban J connectivity index is 2.10. The normalized spacial score (nSPS) is 11.0. The van der Waals surface area contributed by atoms with E-state index in [0.717, 1.165) is 13.1 Å². The molecule has 0 aliphatic rings. The summed E-state index contributed by atoms with van der Waals surface area (Å²) in [7, 11) is 4.23. The standard InChI is InChI=1S/C13H23N3/c1-12-6-8-15-11-13(12)10-14-7-4-5-9-16(2)3/h6,8,11,14H,4-5,7,9-10H2,1-3H3. The van der Waals surface area contributed by atoms with Crippen molar-refractivity contribution in [3.05, 3.63) is 29.6 Å². The van der Waals surface area contributed by atoms with E-state index in [1.807, 2.05) is 12.4 Å². The third-order valence-corrected chi connectivity index (χ3v) is 2.67. The van der Waals surface area contributed by atoms with Crippen LogP contribution in [-0.4, -0.2) is 37.1 Å². The van der Waals surface area contributed by atoms with Gasteiger partial charge in [0.2, 0.25) is 0 Å². The van der Waals surface area contributed by atoms with Gasteiger partial charge in [-0.2, -0.15) is 0 Å². The molecule has 0 saturated heterocycles. The first-order valence-electron chi connectivity index (χ1n) is 5.95. The number of unbranched alkanes of at least 4 members (excludes halogenated alkanes) is 1. The molecule has 3 nitrogen and oxygen atoms in total. The number of nitrogens with zero attached hydrogens (tertiary/aromatic N) is 2. The molecule has 0 aromatic carbocycles. The van der Waals surface area contributed by atoms with Crippen LogP contribution in [0.2, 0.25) is 0 Å². The Morgan fingerprint density at radius 1 is 1.31 bits per heavy atom. The van der Waals surface area contributed by atoms with Crippen LogP contribution in [0.25, 0.3) is 0 Å². The molecular formula is C13H23N3. The molecule has 1 aromatic rings. The predicted molar refractivity (Wildman–Crippen MR) is 68.5 cm³/mol. The van der Waals surface area contributed by atoms with Gasteiger partial charge in [-0.15, -0.1) is 0 Å². The highest BCUT2D eigenvalue weighted by atomic mass is 15.0. The number of aromatic nitrogens is 1. The van der Waals surface area contributed by atoms with Gasteiger partial charge in [0.15, 0.2) is 0 Å². The average Bonchev–Trinajstić information content (AvgIpc) is 2.25. The molecule has 1 aromatic heterocycles. The van der Waals surface area contributed by atoms with E-state index < -0.39 is 0 Å². The molecule has 0 bridgehead atoms. The molecule has 16 heavy (non-hydrogen) atoms. The zero-order valence-electron chi connectivity index (χ0n) is 10.7. The summed E-state index contributed by atoms with van der Waals surface area (Å²) in [5, 5.41) is 3.46. The summed E-state index contributed by atoms with van der Waals surface area (Å²) in [5.41, 5.74) is 2.62. The van der Waals surface area contributed by atoms with Crippen LogP contribution in [0, 0.1) is 6.92 Å². The molecule has 0 atom stereocenters. The second kappa shape index (κ2) is 7.36. The molecule has 0 aliphatic heterocycles. The topological polar surface area (TPSA) is 28.2 Å². The maximum Gasteiger partial charge on any atom is 0.0315 e. The Hall–Kier alpha value is -0.930. The smallest absolute Gasteiger partial charge is 0.0315 e. The highest BCUT2D eigenvalue weighted by Gasteiger charge is 1.96. The van der Waals surface area contributed by atoms with Gasteiger partial charge in [-0.1, -0.05) is 0 Å². The lowest BCUT2D eigenvalue weighted by Crippen LogP contribution is -2.18. The fourth-order valence-electron chi connectivity index (χ4n) is 1.58. The quantitative estimate of drug-likeness (QED) is 0.712. The first-order chi connectivity index (χ1) is 7.70. The molecule has 1 N–H and O–H groups in total. The molecule has 0 radical (unpaired) electrons. The minimum absolute atomic E-state index is 0.932. The first-order valence-corrected chi connectivity index (χ1v) is 5.95. The zero-order valence-corrected chi connectivity index (χ0v) is 10.7. The minimum Gasteiger partial charge on any atom is -0.313 e. The van der Waals surface area contributed by atoms with Crippen LogP contribution in [0.3, 0.4) is 0 Å². The zero-order chi connectivity index (χ0) is 11.8. The predicted octanol–water partition coefficient (Wildman–Crippen LogP) is 1.82. The van der Waals surface area contributed by atoms with Crippen molar-refractivity contribution in [3.63, 3.8) is 0 Å². The van der Waals surface area contributed by atoms with Gasteiger partial charge in [0.05, 0.1) is 0 Å². The van der Waals surface area contributed by atoms with Crippen LogP contribution in [0.15, 0.2) is 18.5 Å². The first kappa shape index (κ1) is 13.1. The molecule has 1 heterocycles. The molecule has 0 unspecified atom stereocenters. The van der Waals surface area contributed by atoms with Gasteiger partial charge in [0, 0.05) is 18.9 Å². The second-order valence-electron chi connectivity index (χ2n) is 4.49. The highest BCUT2D eigenvalue weighted by Crippen LogP contribution is 2.03. The van der Waals surface area contributed by atoms with E-state index in [1.165, 1.54) is 30.5 Å². The van der Waals surface area contributed by atoms with E-state index in [1.54, 1.807) is 0 Å². The van der Waals surface area contributed by atoms with E-state index in [0.29, 0.717) is 0 Å². The van der Waals surface area contributed by atoms with Crippen LogP contribution < -0.4 is 5.32 Å². The number of nitrogens with one attached hydrogen (secondary N) is 1. The molecule has 0 aliphatic carbocycles. The number of aryl methyl sites for hydroxylation is 1. The van der Waals surface area contributed by atoms with E-state index in [4.69, 9.17) is 0 Å². The van der Waals surface area contributed by atoms with Gasteiger partial charge in [0.25, 0.3) is 0 Å². The Morgan fingerprint density at radius 2 is 2.12 bits per heavy atom. The molecule has 0 amide bonds. The summed E-state index contributed by atoms with van der Waals surface area (Å²) in [5.74, 6) is 0. The molecule has 0 saturated carbocycles. The molecule has 3 heteroatoms. The average molecular weight is 221 g/mol. The fraction of sp³-hybridized carbons (Fsp3) is 0.615. The van der Waals surface area contributed by atoms with Gasteiger partial charge >= 0.3 is 0 Å². The van der Waals surface area contributed by atoms with Gasteiger partial charge in [0.1, 0.15) is 0 Å². The van der Waals surface area contributed by atoms with Crippen molar-refractivity contribution in [2.45, 2.75) is 26.3 Å². The van der Waals surface area contributed by atoms with Gasteiger partial charge in [-0.25, -0.2) is 0 Å². The summed E-state index contributed by atoms with van der Waals surface area (Å²) in [6, 6.07) is 2.06. The van der Waals surface area contributed by atoms with Crippen molar-refractivity contribution in [1.29, 1.82) is 0 Å². The largest absolute Gasteiger partial charge is 0.313 e. The lowest BCUT2D eigenvalue weighted by molar-refractivity contribution is 0.391. The van der Waals surface area contributed by atoms with Crippen LogP contribution >= 0.6 is 0 Å². The summed E-state index contributed by atoms with van der Waals surface area (Å²) >= 11 is 0. The number of pyridine rings is 1. The van der Waals surface area contributed by atoms with Crippen molar-refractivity contribution in [2.24, 2.45) is 0 Å². The van der Waals surface area contributed by atoms with E-state index >= 15 is 0 Å². The third kappa shape index (κ3) is 5.24. The van der Waals surface area contributed by atoms with Gasteiger partial charge in [-0.05, 0) is 64.1 Å². The SMILES string of the molecule is Cc1ccncc1CNCCCCN(C)C. The van der Waals surface area contributed by atoms with Crippen molar-refractivity contribution >= 4 is 0 Å². The Labute approximate surface area is 98.9 Å². The summed E-state index contributed by atoms with van der Waals surface area (Å²) in [6.45, 7) is 5.32. The van der Waals surface area contributed by atoms with Crippen LogP contribution in [-0.2, 0) is 6.54 Å². The molecule has 90 valence electrons. The third-order valence-electron chi connectivity index (χ3n) is 2.67. The summed E-state index contributed by atoms with van der Waals surface area (Å²) in [6.07, 6.45) is 6.28. The maximum absolute atomic E-state index is 4.14. The van der Waals surface area contributed by atoms with Crippen molar-refractivity contribution in [1.82, 2.24) is 15.2 Å². The Morgan fingerprint density at radius 3 is 2.81 bits per heavy atom. The number of rotatable bonds is 7. The van der Waals surface area contributed by atoms with E-state index in [9.17, 15) is 0 Å². The molecular weight excluding hydrogens is 198 g/mol. The van der Waals surface area contributed by atoms with Crippen molar-refractivity contribution < 1.29 is 0 Å². The van der Waals surface area contributed by atoms with Crippen LogP contribution in [0.5, 0.6) is 0 Å². The van der Waals surface area contributed by atoms with Crippen molar-refractivity contribution in [2.75, 3.05) is 27.2 Å². The minimum atomic E-state index is 0.932. The number of hydrogen-bond acceptors (Lipinski definition) is 3. The molecule has 0 fully saturated rings. The maximum atomic E-state index is 4.14.